The van der Waals surface area contributed by atoms with Crippen LogP contribution in [0.25, 0.3) is 0 Å². The summed E-state index contributed by atoms with van der Waals surface area (Å²) in [6.45, 7) is 8.38. The molecule has 3 atom stereocenters. The molecule has 166 valence electrons. The van der Waals surface area contributed by atoms with Gasteiger partial charge in [0.25, 0.3) is 0 Å². The molecule has 0 heterocycles. The van der Waals surface area contributed by atoms with E-state index in [9.17, 15) is 9.59 Å². The lowest BCUT2D eigenvalue weighted by atomic mass is 9.81. The molecule has 2 fully saturated rings. The van der Waals surface area contributed by atoms with Crippen molar-refractivity contribution in [2.45, 2.75) is 89.3 Å². The second-order valence-corrected chi connectivity index (χ2v) is 10.4. The average Bonchev–Trinajstić information content (AvgIpc) is 2.75. The third kappa shape index (κ3) is 5.94. The zero-order valence-electron chi connectivity index (χ0n) is 19.3. The van der Waals surface area contributed by atoms with Gasteiger partial charge in [-0.2, -0.15) is 0 Å². The topological polar surface area (TPSA) is 34.1 Å². The molecule has 0 bridgehead atoms. The first kappa shape index (κ1) is 23.9. The summed E-state index contributed by atoms with van der Waals surface area (Å²) in [7, 11) is 0. The largest absolute Gasteiger partial charge is 0.299 e. The highest BCUT2D eigenvalue weighted by Crippen LogP contribution is 2.35. The van der Waals surface area contributed by atoms with Crippen LogP contribution in [0, 0.1) is 27.7 Å². The van der Waals surface area contributed by atoms with Gasteiger partial charge in [-0.3, -0.25) is 9.59 Å². The number of benzene rings is 2. The van der Waals surface area contributed by atoms with Gasteiger partial charge in [0.15, 0.2) is 5.78 Å². The first-order valence-electron chi connectivity index (χ1n) is 11.6. The van der Waals surface area contributed by atoms with Gasteiger partial charge in [0.1, 0.15) is 5.78 Å². The van der Waals surface area contributed by atoms with Crippen molar-refractivity contribution < 1.29 is 9.59 Å². The summed E-state index contributed by atoms with van der Waals surface area (Å²) in [4.78, 5) is 24.1. The maximum Gasteiger partial charge on any atom is 0.153 e. The first-order valence-corrected chi connectivity index (χ1v) is 12.5. The fraction of sp³-hybridized carbons (Fsp3) is 0.500. The van der Waals surface area contributed by atoms with E-state index in [-0.39, 0.29) is 16.7 Å². The SMILES string of the molecule is Cc1ccc(C)c(C2CCCC(Br)C2=O)c1.Cc1ccc(C)c(C2CCCCC2=O)c1. The average molecular weight is 483 g/mol. The van der Waals surface area contributed by atoms with Gasteiger partial charge in [0.05, 0.1) is 4.83 Å². The third-order valence-electron chi connectivity index (χ3n) is 6.78. The van der Waals surface area contributed by atoms with Crippen molar-refractivity contribution in [2.75, 3.05) is 0 Å². The van der Waals surface area contributed by atoms with E-state index < -0.39 is 0 Å². The summed E-state index contributed by atoms with van der Waals surface area (Å²) in [6.07, 6.45) is 7.23. The van der Waals surface area contributed by atoms with Gasteiger partial charge in [-0.25, -0.2) is 0 Å². The van der Waals surface area contributed by atoms with Gasteiger partial charge in [0, 0.05) is 18.3 Å². The predicted molar refractivity (Wildman–Crippen MR) is 132 cm³/mol. The molecule has 2 nitrogen and oxygen atoms in total. The van der Waals surface area contributed by atoms with Crippen LogP contribution < -0.4 is 0 Å². The molecular weight excluding hydrogens is 448 g/mol. The molecule has 4 rings (SSSR count). The first-order chi connectivity index (χ1) is 14.8. The monoisotopic (exact) mass is 482 g/mol. The number of halogens is 1. The Balaban J connectivity index is 0.000000176. The molecule has 2 aromatic rings. The molecule has 0 aromatic heterocycles. The fourth-order valence-electron chi connectivity index (χ4n) is 4.90. The highest BCUT2D eigenvalue weighted by Gasteiger charge is 2.31. The normalized spacial score (nSPS) is 23.8. The van der Waals surface area contributed by atoms with Crippen LogP contribution in [0.4, 0.5) is 0 Å². The molecule has 3 unspecified atom stereocenters. The van der Waals surface area contributed by atoms with E-state index in [1.54, 1.807) is 0 Å². The summed E-state index contributed by atoms with van der Waals surface area (Å²) >= 11 is 3.48. The van der Waals surface area contributed by atoms with Crippen LogP contribution in [-0.4, -0.2) is 16.4 Å². The van der Waals surface area contributed by atoms with Gasteiger partial charge in [0.2, 0.25) is 0 Å². The zero-order valence-corrected chi connectivity index (χ0v) is 20.9. The number of carbonyl (C=O) groups excluding carboxylic acids is 2. The number of ketones is 2. The van der Waals surface area contributed by atoms with Gasteiger partial charge >= 0.3 is 0 Å². The standard InChI is InChI=1S/C14H17BrO.C14H18O/c1-9-6-7-10(2)12(8-9)11-4-3-5-13(15)14(11)16;1-10-7-8-11(2)13(9-10)12-5-3-4-6-14(12)15/h6-8,11,13H,3-5H2,1-2H3;7-9,12H,3-6H2,1-2H3. The number of rotatable bonds is 2. The lowest BCUT2D eigenvalue weighted by molar-refractivity contribution is -0.122. The summed E-state index contributed by atoms with van der Waals surface area (Å²) < 4.78 is 0. The van der Waals surface area contributed by atoms with E-state index >= 15 is 0 Å². The van der Waals surface area contributed by atoms with E-state index in [1.807, 2.05) is 0 Å². The lowest BCUT2D eigenvalue weighted by Gasteiger charge is -2.26. The van der Waals surface area contributed by atoms with Crippen LogP contribution >= 0.6 is 15.9 Å². The van der Waals surface area contributed by atoms with Crippen molar-refractivity contribution in [3.8, 4) is 0 Å². The van der Waals surface area contributed by atoms with Crippen LogP contribution in [0.2, 0.25) is 0 Å². The van der Waals surface area contributed by atoms with Crippen molar-refractivity contribution in [3.63, 3.8) is 0 Å². The highest BCUT2D eigenvalue weighted by molar-refractivity contribution is 9.10. The van der Waals surface area contributed by atoms with Crippen molar-refractivity contribution in [3.05, 3.63) is 69.8 Å². The minimum atomic E-state index is 0.0613. The second-order valence-electron chi connectivity index (χ2n) is 9.34. The molecular formula is C28H35BrO2. The number of carbonyl (C=O) groups is 2. The molecule has 0 saturated heterocycles. The fourth-order valence-corrected chi connectivity index (χ4v) is 5.54. The molecule has 0 radical (unpaired) electrons. The third-order valence-corrected chi connectivity index (χ3v) is 7.69. The van der Waals surface area contributed by atoms with Crippen LogP contribution in [0.3, 0.4) is 0 Å². The van der Waals surface area contributed by atoms with Crippen molar-refractivity contribution in [1.82, 2.24) is 0 Å². The summed E-state index contributed by atoms with van der Waals surface area (Å²) in [5.41, 5.74) is 7.50. The van der Waals surface area contributed by atoms with Gasteiger partial charge in [-0.05, 0) is 75.6 Å². The molecule has 0 amide bonds. The smallest absolute Gasteiger partial charge is 0.153 e. The quantitative estimate of drug-likeness (QED) is 0.416. The van der Waals surface area contributed by atoms with E-state index in [4.69, 9.17) is 0 Å². The Bertz CT molecular complexity index is 946. The Hall–Kier alpha value is -1.74. The van der Waals surface area contributed by atoms with Crippen molar-refractivity contribution in [1.29, 1.82) is 0 Å². The maximum atomic E-state index is 12.1. The van der Waals surface area contributed by atoms with Gasteiger partial charge in [-0.1, -0.05) is 76.3 Å². The van der Waals surface area contributed by atoms with Gasteiger partial charge < -0.3 is 0 Å². The molecule has 31 heavy (non-hydrogen) atoms. The molecule has 2 saturated carbocycles. The van der Waals surface area contributed by atoms with E-state index in [0.717, 1.165) is 38.5 Å². The summed E-state index contributed by atoms with van der Waals surface area (Å²) in [5, 5.41) is 0. The Morgan fingerprint density at radius 3 is 1.84 bits per heavy atom. The summed E-state index contributed by atoms with van der Waals surface area (Å²) in [6, 6.07) is 12.8. The van der Waals surface area contributed by atoms with Crippen molar-refractivity contribution in [2.24, 2.45) is 0 Å². The molecule has 3 heteroatoms. The second kappa shape index (κ2) is 10.7. The Labute approximate surface area is 196 Å². The Morgan fingerprint density at radius 1 is 0.710 bits per heavy atom. The van der Waals surface area contributed by atoms with E-state index in [2.05, 4.69) is 80.0 Å². The number of alkyl halides is 1. The van der Waals surface area contributed by atoms with Crippen LogP contribution in [-0.2, 0) is 9.59 Å². The highest BCUT2D eigenvalue weighted by atomic mass is 79.9. The van der Waals surface area contributed by atoms with Crippen LogP contribution in [0.5, 0.6) is 0 Å². The number of Topliss-reactive ketones (excluding diaryl/α,β-unsaturated/α-hetero) is 2. The van der Waals surface area contributed by atoms with Crippen LogP contribution in [0.1, 0.15) is 90.2 Å². The molecule has 0 N–H and O–H groups in total. The molecule has 0 aliphatic heterocycles. The molecule has 2 aromatic carbocycles. The summed E-state index contributed by atoms with van der Waals surface area (Å²) in [5.74, 6) is 1.09. The van der Waals surface area contributed by atoms with E-state index in [0.29, 0.717) is 11.6 Å². The Morgan fingerprint density at radius 2 is 1.26 bits per heavy atom. The van der Waals surface area contributed by atoms with Crippen LogP contribution in [0.15, 0.2) is 36.4 Å². The minimum Gasteiger partial charge on any atom is -0.299 e. The number of hydrogen-bond donors (Lipinski definition) is 0. The lowest BCUT2D eigenvalue weighted by Crippen LogP contribution is -2.27. The Kier molecular flexibility index (Phi) is 8.27. The van der Waals surface area contributed by atoms with Crippen molar-refractivity contribution >= 4 is 27.5 Å². The molecule has 2 aliphatic carbocycles. The van der Waals surface area contributed by atoms with E-state index in [1.165, 1.54) is 39.8 Å². The zero-order chi connectivity index (χ0) is 22.5. The predicted octanol–water partition coefficient (Wildman–Crippen LogP) is 7.43. The number of hydrogen-bond acceptors (Lipinski definition) is 2. The molecule has 0 spiro atoms. The number of aryl methyl sites for hydroxylation is 4. The minimum absolute atomic E-state index is 0.0613. The van der Waals surface area contributed by atoms with Gasteiger partial charge in [-0.15, -0.1) is 0 Å². The molecule has 2 aliphatic rings. The maximum absolute atomic E-state index is 12.1.